The zero-order valence-electron chi connectivity index (χ0n) is 14.0. The number of rotatable bonds is 5. The highest BCUT2D eigenvalue weighted by molar-refractivity contribution is 7.98. The number of benzene rings is 2. The number of halogens is 1. The Kier molecular flexibility index (Phi) is 5.60. The van der Waals surface area contributed by atoms with Gasteiger partial charge in [0.1, 0.15) is 0 Å². The molecule has 25 heavy (non-hydrogen) atoms. The fourth-order valence-corrected chi connectivity index (χ4v) is 3.27. The third-order valence-electron chi connectivity index (χ3n) is 3.88. The largest absolute Gasteiger partial charge is 0.454 e. The second-order valence-electron chi connectivity index (χ2n) is 5.48. The molecule has 0 atom stereocenters. The number of carbonyl (C=O) groups is 1. The molecule has 1 heterocycles. The summed E-state index contributed by atoms with van der Waals surface area (Å²) in [6.07, 6.45) is 1.96. The van der Waals surface area contributed by atoms with Crippen LogP contribution in [0.2, 0.25) is 5.02 Å². The number of urea groups is 1. The SMILES string of the molecule is CCN(Cc1ccc2c(c1)OCO2)C(=O)Nc1cc(Cl)ccc1SC. The van der Waals surface area contributed by atoms with Crippen LogP contribution in [0.15, 0.2) is 41.3 Å². The van der Waals surface area contributed by atoms with Crippen molar-refractivity contribution in [2.24, 2.45) is 0 Å². The predicted molar refractivity (Wildman–Crippen MR) is 101 cm³/mol. The predicted octanol–water partition coefficient (Wildman–Crippen LogP) is 4.84. The normalized spacial score (nSPS) is 12.1. The van der Waals surface area contributed by atoms with Crippen LogP contribution in [0.3, 0.4) is 0 Å². The second kappa shape index (κ2) is 7.89. The summed E-state index contributed by atoms with van der Waals surface area (Å²) < 4.78 is 10.7. The molecular weight excluding hydrogens is 360 g/mol. The Morgan fingerprint density at radius 3 is 2.80 bits per heavy atom. The van der Waals surface area contributed by atoms with Crippen molar-refractivity contribution in [2.45, 2.75) is 18.4 Å². The maximum absolute atomic E-state index is 12.7. The number of amides is 2. The van der Waals surface area contributed by atoms with Crippen molar-refractivity contribution in [3.63, 3.8) is 0 Å². The summed E-state index contributed by atoms with van der Waals surface area (Å²) in [5, 5.41) is 3.54. The Bertz CT molecular complexity index is 785. The molecule has 0 bridgehead atoms. The number of fused-ring (bicyclic) bond motifs is 1. The highest BCUT2D eigenvalue weighted by atomic mass is 35.5. The minimum Gasteiger partial charge on any atom is -0.454 e. The van der Waals surface area contributed by atoms with Crippen molar-refractivity contribution in [1.82, 2.24) is 4.90 Å². The van der Waals surface area contributed by atoms with Crippen molar-refractivity contribution >= 4 is 35.1 Å². The monoisotopic (exact) mass is 378 g/mol. The molecule has 1 N–H and O–H groups in total. The maximum Gasteiger partial charge on any atom is 0.322 e. The van der Waals surface area contributed by atoms with Gasteiger partial charge < -0.3 is 19.7 Å². The zero-order chi connectivity index (χ0) is 17.8. The summed E-state index contributed by atoms with van der Waals surface area (Å²) in [5.41, 5.74) is 1.70. The van der Waals surface area contributed by atoms with Crippen LogP contribution in [-0.4, -0.2) is 30.5 Å². The van der Waals surface area contributed by atoms with E-state index in [9.17, 15) is 4.79 Å². The molecular formula is C18H19ClN2O3S. The Labute approximate surface area is 156 Å². The minimum atomic E-state index is -0.169. The molecule has 0 radical (unpaired) electrons. The Morgan fingerprint density at radius 1 is 1.24 bits per heavy atom. The lowest BCUT2D eigenvalue weighted by atomic mass is 10.2. The molecule has 2 aromatic rings. The average molecular weight is 379 g/mol. The van der Waals surface area contributed by atoms with Gasteiger partial charge in [-0.05, 0) is 49.1 Å². The van der Waals surface area contributed by atoms with Crippen molar-refractivity contribution in [2.75, 3.05) is 24.9 Å². The fraction of sp³-hybridized carbons (Fsp3) is 0.278. The van der Waals surface area contributed by atoms with Crippen LogP contribution >= 0.6 is 23.4 Å². The van der Waals surface area contributed by atoms with Gasteiger partial charge in [0.05, 0.1) is 5.69 Å². The van der Waals surface area contributed by atoms with Gasteiger partial charge in [-0.1, -0.05) is 17.7 Å². The summed E-state index contributed by atoms with van der Waals surface area (Å²) in [5.74, 6) is 1.45. The first kappa shape index (κ1) is 17.8. The summed E-state index contributed by atoms with van der Waals surface area (Å²) in [7, 11) is 0. The van der Waals surface area contributed by atoms with Gasteiger partial charge in [-0.3, -0.25) is 0 Å². The van der Waals surface area contributed by atoms with E-state index in [1.165, 1.54) is 0 Å². The van der Waals surface area contributed by atoms with Crippen LogP contribution in [0.1, 0.15) is 12.5 Å². The lowest BCUT2D eigenvalue weighted by molar-refractivity contribution is 0.174. The average Bonchev–Trinajstić information content (AvgIpc) is 3.07. The van der Waals surface area contributed by atoms with Crippen LogP contribution in [0, 0.1) is 0 Å². The molecule has 0 aliphatic carbocycles. The van der Waals surface area contributed by atoms with E-state index in [0.29, 0.717) is 29.5 Å². The molecule has 0 saturated carbocycles. The first-order valence-corrected chi connectivity index (χ1v) is 9.49. The van der Waals surface area contributed by atoms with Crippen molar-refractivity contribution in [3.8, 4) is 11.5 Å². The number of anilines is 1. The number of nitrogens with zero attached hydrogens (tertiary/aromatic N) is 1. The lowest BCUT2D eigenvalue weighted by Gasteiger charge is -2.22. The third kappa shape index (κ3) is 4.14. The van der Waals surface area contributed by atoms with Gasteiger partial charge in [0.15, 0.2) is 11.5 Å². The van der Waals surface area contributed by atoms with E-state index < -0.39 is 0 Å². The molecule has 2 amide bonds. The van der Waals surface area contributed by atoms with Crippen LogP contribution in [0.5, 0.6) is 11.5 Å². The van der Waals surface area contributed by atoms with Crippen LogP contribution in [0.4, 0.5) is 10.5 Å². The first-order chi connectivity index (χ1) is 12.1. The number of nitrogens with one attached hydrogen (secondary N) is 1. The van der Waals surface area contributed by atoms with Gasteiger partial charge in [0.25, 0.3) is 0 Å². The van der Waals surface area contributed by atoms with Gasteiger partial charge in [-0.15, -0.1) is 11.8 Å². The van der Waals surface area contributed by atoms with Crippen LogP contribution in [-0.2, 0) is 6.54 Å². The van der Waals surface area contributed by atoms with Crippen molar-refractivity contribution < 1.29 is 14.3 Å². The summed E-state index contributed by atoms with van der Waals surface area (Å²) in [6.45, 7) is 3.24. The molecule has 1 aliphatic heterocycles. The summed E-state index contributed by atoms with van der Waals surface area (Å²) >= 11 is 7.62. The summed E-state index contributed by atoms with van der Waals surface area (Å²) in [4.78, 5) is 15.4. The van der Waals surface area contributed by atoms with Crippen LogP contribution < -0.4 is 14.8 Å². The lowest BCUT2D eigenvalue weighted by Crippen LogP contribution is -2.34. The molecule has 0 fully saturated rings. The van der Waals surface area contributed by atoms with Crippen molar-refractivity contribution in [3.05, 3.63) is 47.0 Å². The fourth-order valence-electron chi connectivity index (χ4n) is 2.56. The molecule has 3 rings (SSSR count). The number of hydrogen-bond donors (Lipinski definition) is 1. The number of hydrogen-bond acceptors (Lipinski definition) is 4. The standard InChI is InChI=1S/C18H19ClN2O3S/c1-3-21(10-12-4-6-15-16(8-12)24-11-23-15)18(22)20-14-9-13(19)5-7-17(14)25-2/h4-9H,3,10-11H2,1-2H3,(H,20,22). The Hall–Kier alpha value is -2.05. The number of ether oxygens (including phenoxy) is 2. The number of thioether (sulfide) groups is 1. The molecule has 0 saturated heterocycles. The smallest absolute Gasteiger partial charge is 0.322 e. The highest BCUT2D eigenvalue weighted by Crippen LogP contribution is 2.33. The van der Waals surface area contributed by atoms with Gasteiger partial charge in [0.2, 0.25) is 6.79 Å². The van der Waals surface area contributed by atoms with E-state index in [2.05, 4.69) is 5.32 Å². The van der Waals surface area contributed by atoms with E-state index in [4.69, 9.17) is 21.1 Å². The second-order valence-corrected chi connectivity index (χ2v) is 6.76. The van der Waals surface area contributed by atoms with E-state index in [-0.39, 0.29) is 12.8 Å². The van der Waals surface area contributed by atoms with Gasteiger partial charge in [-0.25, -0.2) is 4.79 Å². The molecule has 5 nitrogen and oxygen atoms in total. The molecule has 0 spiro atoms. The quantitative estimate of drug-likeness (QED) is 0.756. The van der Waals surface area contributed by atoms with E-state index in [0.717, 1.165) is 16.2 Å². The highest BCUT2D eigenvalue weighted by Gasteiger charge is 2.17. The van der Waals surface area contributed by atoms with Gasteiger partial charge >= 0.3 is 6.03 Å². The first-order valence-electron chi connectivity index (χ1n) is 7.88. The Morgan fingerprint density at radius 2 is 2.04 bits per heavy atom. The summed E-state index contributed by atoms with van der Waals surface area (Å²) in [6, 6.07) is 11.0. The van der Waals surface area contributed by atoms with Gasteiger partial charge in [0, 0.05) is 23.0 Å². The van der Waals surface area contributed by atoms with E-state index >= 15 is 0 Å². The third-order valence-corrected chi connectivity index (χ3v) is 4.91. The van der Waals surface area contributed by atoms with Crippen molar-refractivity contribution in [1.29, 1.82) is 0 Å². The van der Waals surface area contributed by atoms with Crippen LogP contribution in [0.25, 0.3) is 0 Å². The molecule has 0 aromatic heterocycles. The maximum atomic E-state index is 12.7. The van der Waals surface area contributed by atoms with E-state index in [1.807, 2.05) is 43.5 Å². The Balaban J connectivity index is 1.72. The zero-order valence-corrected chi connectivity index (χ0v) is 15.6. The van der Waals surface area contributed by atoms with E-state index in [1.54, 1.807) is 22.7 Å². The molecule has 2 aromatic carbocycles. The number of carbonyl (C=O) groups excluding carboxylic acids is 1. The topological polar surface area (TPSA) is 50.8 Å². The van der Waals surface area contributed by atoms with Gasteiger partial charge in [-0.2, -0.15) is 0 Å². The molecule has 1 aliphatic rings. The minimum absolute atomic E-state index is 0.169. The molecule has 132 valence electrons. The molecule has 7 heteroatoms. The molecule has 0 unspecified atom stereocenters.